The minimum atomic E-state index is -0.394. The Kier molecular flexibility index (Phi) is 4.75. The van der Waals surface area contributed by atoms with Crippen LogP contribution in [-0.4, -0.2) is 23.2 Å². The number of H-pyrrole nitrogens is 1. The molecular weight excluding hydrogens is 410 g/mol. The first kappa shape index (κ1) is 19.4. The summed E-state index contributed by atoms with van der Waals surface area (Å²) in [5, 5.41) is 8.13. The average Bonchev–Trinajstić information content (AvgIpc) is 3.34. The van der Waals surface area contributed by atoms with Gasteiger partial charge >= 0.3 is 0 Å². The van der Waals surface area contributed by atoms with Crippen molar-refractivity contribution in [1.82, 2.24) is 10.2 Å². The summed E-state index contributed by atoms with van der Waals surface area (Å²) in [6, 6.07) is 22.8. The summed E-state index contributed by atoms with van der Waals surface area (Å²) in [4.78, 5) is 15.3. The molecule has 0 bridgehead atoms. The lowest BCUT2D eigenvalue weighted by Crippen LogP contribution is -2.29. The Morgan fingerprint density at radius 3 is 2.42 bits per heavy atom. The molecule has 1 aliphatic rings. The van der Waals surface area contributed by atoms with Crippen LogP contribution in [-0.2, 0) is 0 Å². The molecule has 0 aliphatic carbocycles. The van der Waals surface area contributed by atoms with Gasteiger partial charge in [-0.1, -0.05) is 59.6 Å². The van der Waals surface area contributed by atoms with Crippen LogP contribution < -0.4 is 9.64 Å². The van der Waals surface area contributed by atoms with Gasteiger partial charge in [-0.3, -0.25) is 14.8 Å². The van der Waals surface area contributed by atoms with Crippen molar-refractivity contribution in [2.45, 2.75) is 13.0 Å². The van der Waals surface area contributed by atoms with Gasteiger partial charge in [0.15, 0.2) is 0 Å². The number of aromatic amines is 1. The Morgan fingerprint density at radius 2 is 1.71 bits per heavy atom. The van der Waals surface area contributed by atoms with E-state index in [9.17, 15) is 4.79 Å². The molecule has 0 radical (unpaired) electrons. The molecule has 154 valence electrons. The Hall–Kier alpha value is -3.57. The molecule has 0 saturated heterocycles. The number of hydrogen-bond donors (Lipinski definition) is 1. The first-order valence-electron chi connectivity index (χ1n) is 9.96. The van der Waals surface area contributed by atoms with Crippen LogP contribution in [0.1, 0.15) is 33.2 Å². The summed E-state index contributed by atoms with van der Waals surface area (Å²) in [6.07, 6.45) is 0. The van der Waals surface area contributed by atoms with E-state index in [0.29, 0.717) is 16.5 Å². The molecule has 1 N–H and O–H groups in total. The number of fused-ring (bicyclic) bond motifs is 1. The van der Waals surface area contributed by atoms with E-state index in [1.54, 1.807) is 24.1 Å². The summed E-state index contributed by atoms with van der Waals surface area (Å²) >= 11 is 6.10. The molecular formula is C25H20ClN3O2. The van der Waals surface area contributed by atoms with Gasteiger partial charge in [0.2, 0.25) is 0 Å². The molecule has 1 amide bonds. The minimum Gasteiger partial charge on any atom is -0.496 e. The first-order chi connectivity index (χ1) is 15.1. The van der Waals surface area contributed by atoms with Gasteiger partial charge in [-0.05, 0) is 37.3 Å². The summed E-state index contributed by atoms with van der Waals surface area (Å²) in [6.45, 7) is 2.04. The molecule has 0 saturated carbocycles. The maximum absolute atomic E-state index is 13.5. The van der Waals surface area contributed by atoms with Gasteiger partial charge in [0.1, 0.15) is 11.4 Å². The van der Waals surface area contributed by atoms with Crippen LogP contribution in [0.5, 0.6) is 5.75 Å². The quantitative estimate of drug-likeness (QED) is 0.446. The largest absolute Gasteiger partial charge is 0.496 e. The molecule has 1 aliphatic heterocycles. The lowest BCUT2D eigenvalue weighted by atomic mass is 9.95. The number of benzene rings is 3. The van der Waals surface area contributed by atoms with Crippen molar-refractivity contribution in [2.75, 3.05) is 12.0 Å². The fourth-order valence-corrected chi connectivity index (χ4v) is 4.26. The number of aromatic nitrogens is 2. The van der Waals surface area contributed by atoms with E-state index in [2.05, 4.69) is 10.2 Å². The van der Waals surface area contributed by atoms with Crippen LogP contribution in [0, 0.1) is 6.92 Å². The molecule has 4 aromatic rings. The highest BCUT2D eigenvalue weighted by molar-refractivity contribution is 6.30. The normalized spacial score (nSPS) is 15.3. The zero-order valence-corrected chi connectivity index (χ0v) is 17.9. The number of amides is 1. The van der Waals surface area contributed by atoms with Gasteiger partial charge in [-0.25, -0.2) is 0 Å². The van der Waals surface area contributed by atoms with Gasteiger partial charge in [0, 0.05) is 27.4 Å². The van der Waals surface area contributed by atoms with Crippen molar-refractivity contribution < 1.29 is 9.53 Å². The van der Waals surface area contributed by atoms with Gasteiger partial charge in [0.05, 0.1) is 18.8 Å². The lowest BCUT2D eigenvalue weighted by molar-refractivity contribution is 0.0988. The van der Waals surface area contributed by atoms with Crippen molar-refractivity contribution in [3.05, 3.63) is 100 Å². The van der Waals surface area contributed by atoms with Gasteiger partial charge in [-0.15, -0.1) is 0 Å². The number of halogens is 1. The zero-order valence-electron chi connectivity index (χ0n) is 17.1. The van der Waals surface area contributed by atoms with Crippen molar-refractivity contribution in [3.8, 4) is 17.0 Å². The average molecular weight is 430 g/mol. The van der Waals surface area contributed by atoms with Gasteiger partial charge in [-0.2, -0.15) is 5.10 Å². The Bertz CT molecular complexity index is 1260. The number of para-hydroxylation sites is 1. The number of anilines is 1. The highest BCUT2D eigenvalue weighted by atomic mass is 35.5. The molecule has 1 atom stereocenters. The molecule has 5 rings (SSSR count). The molecule has 1 aromatic heterocycles. The molecule has 0 spiro atoms. The highest BCUT2D eigenvalue weighted by Crippen LogP contribution is 2.47. The van der Waals surface area contributed by atoms with Crippen LogP contribution in [0.4, 0.5) is 5.69 Å². The summed E-state index contributed by atoms with van der Waals surface area (Å²) in [5.41, 5.74) is 5.85. The van der Waals surface area contributed by atoms with Crippen LogP contribution in [0.15, 0.2) is 72.8 Å². The summed E-state index contributed by atoms with van der Waals surface area (Å²) in [7, 11) is 1.64. The number of carbonyl (C=O) groups is 1. The van der Waals surface area contributed by atoms with E-state index in [1.807, 2.05) is 67.6 Å². The molecule has 5 nitrogen and oxygen atoms in total. The van der Waals surface area contributed by atoms with Crippen LogP contribution in [0.25, 0.3) is 11.3 Å². The topological polar surface area (TPSA) is 58.2 Å². The maximum Gasteiger partial charge on any atom is 0.277 e. The number of ether oxygens (including phenoxy) is 1. The van der Waals surface area contributed by atoms with E-state index in [-0.39, 0.29) is 5.91 Å². The number of aryl methyl sites for hydroxylation is 1. The Labute approximate surface area is 185 Å². The standard InChI is InChI=1S/C25H20ClN3O2/c1-15-7-9-16(10-8-15)22-21-23(28-27-22)25(30)29(18-13-11-17(26)12-14-18)24(21)19-5-3-4-6-20(19)31-2/h3-14,24H,1-2H3,(H,27,28)/t24-/m0/s1. The smallest absolute Gasteiger partial charge is 0.277 e. The zero-order chi connectivity index (χ0) is 21.5. The van der Waals surface area contributed by atoms with E-state index < -0.39 is 6.04 Å². The molecule has 31 heavy (non-hydrogen) atoms. The van der Waals surface area contributed by atoms with Crippen LogP contribution >= 0.6 is 11.6 Å². The van der Waals surface area contributed by atoms with Crippen molar-refractivity contribution in [2.24, 2.45) is 0 Å². The third kappa shape index (κ3) is 3.18. The fourth-order valence-electron chi connectivity index (χ4n) is 4.13. The Balaban J connectivity index is 1.75. The molecule has 0 fully saturated rings. The van der Waals surface area contributed by atoms with Crippen LogP contribution in [0.3, 0.4) is 0 Å². The SMILES string of the molecule is COc1ccccc1[C@H]1c2c(-c3ccc(C)cc3)n[nH]c2C(=O)N1c1ccc(Cl)cc1. The number of methoxy groups -OCH3 is 1. The van der Waals surface area contributed by atoms with Crippen molar-refractivity contribution >= 4 is 23.2 Å². The van der Waals surface area contributed by atoms with E-state index >= 15 is 0 Å². The third-order valence-corrected chi connectivity index (χ3v) is 5.88. The summed E-state index contributed by atoms with van der Waals surface area (Å²) < 4.78 is 5.66. The lowest BCUT2D eigenvalue weighted by Gasteiger charge is -2.27. The second kappa shape index (κ2) is 7.60. The first-order valence-corrected chi connectivity index (χ1v) is 10.3. The molecule has 6 heteroatoms. The highest BCUT2D eigenvalue weighted by Gasteiger charge is 2.44. The molecule has 2 heterocycles. The maximum atomic E-state index is 13.5. The van der Waals surface area contributed by atoms with Gasteiger partial charge < -0.3 is 4.74 Å². The number of rotatable bonds is 4. The second-order valence-electron chi connectivity index (χ2n) is 7.52. The third-order valence-electron chi connectivity index (χ3n) is 5.63. The van der Waals surface area contributed by atoms with Crippen molar-refractivity contribution in [3.63, 3.8) is 0 Å². The number of hydrogen-bond acceptors (Lipinski definition) is 3. The number of carbonyl (C=O) groups excluding carboxylic acids is 1. The monoisotopic (exact) mass is 429 g/mol. The molecule has 3 aromatic carbocycles. The van der Waals surface area contributed by atoms with Gasteiger partial charge in [0.25, 0.3) is 5.91 Å². The predicted molar refractivity (Wildman–Crippen MR) is 122 cm³/mol. The fraction of sp³-hybridized carbons (Fsp3) is 0.120. The number of nitrogens with one attached hydrogen (secondary N) is 1. The van der Waals surface area contributed by atoms with Crippen molar-refractivity contribution in [1.29, 1.82) is 0 Å². The number of nitrogens with zero attached hydrogens (tertiary/aromatic N) is 2. The second-order valence-corrected chi connectivity index (χ2v) is 7.96. The predicted octanol–water partition coefficient (Wildman–Crippen LogP) is 5.80. The Morgan fingerprint density at radius 1 is 1.00 bits per heavy atom. The van der Waals surface area contributed by atoms with E-state index in [1.165, 1.54) is 0 Å². The molecule has 0 unspecified atom stereocenters. The van der Waals surface area contributed by atoms with Crippen LogP contribution in [0.2, 0.25) is 5.02 Å². The van der Waals surface area contributed by atoms with E-state index in [4.69, 9.17) is 16.3 Å². The minimum absolute atomic E-state index is 0.140. The van der Waals surface area contributed by atoms with E-state index in [0.717, 1.165) is 33.6 Å². The summed E-state index contributed by atoms with van der Waals surface area (Å²) in [5.74, 6) is 0.572.